The molecule has 1 atom stereocenters. The topological polar surface area (TPSA) is 89.4 Å². The van der Waals surface area contributed by atoms with Crippen LogP contribution in [-0.4, -0.2) is 22.7 Å². The Morgan fingerprint density at radius 3 is 2.53 bits per heavy atom. The fourth-order valence-corrected chi connectivity index (χ4v) is 1.00. The van der Waals surface area contributed by atoms with Crippen LogP contribution in [0, 0.1) is 10.1 Å². The molecule has 0 aliphatic heterocycles. The molecule has 80 valence electrons. The molecule has 0 saturated carbocycles. The number of hydrogen-bond acceptors (Lipinski definition) is 4. The highest BCUT2D eigenvalue weighted by atomic mass is 16.6. The summed E-state index contributed by atoms with van der Waals surface area (Å²) >= 11 is 0. The number of nitrogens with zero attached hydrogens (tertiary/aromatic N) is 1. The van der Waals surface area contributed by atoms with Crippen LogP contribution in [0.5, 0.6) is 0 Å². The summed E-state index contributed by atoms with van der Waals surface area (Å²) < 4.78 is 0. The van der Waals surface area contributed by atoms with Crippen LogP contribution in [0.4, 0.5) is 5.69 Å². The lowest BCUT2D eigenvalue weighted by molar-refractivity contribution is -0.384. The minimum atomic E-state index is -0.451. The van der Waals surface area contributed by atoms with E-state index in [9.17, 15) is 10.1 Å². The summed E-state index contributed by atoms with van der Waals surface area (Å²) in [6.45, 7) is -0.122. The molecule has 1 aromatic carbocycles. The summed E-state index contributed by atoms with van der Waals surface area (Å²) in [5, 5.41) is 19.0. The van der Waals surface area contributed by atoms with Crippen molar-refractivity contribution in [2.75, 3.05) is 6.61 Å². The van der Waals surface area contributed by atoms with Gasteiger partial charge in [0.1, 0.15) is 0 Å². The van der Waals surface area contributed by atoms with Crippen molar-refractivity contribution < 1.29 is 10.0 Å². The number of nitrogens with two attached hydrogens (primary N) is 1. The van der Waals surface area contributed by atoms with Crippen LogP contribution < -0.4 is 5.73 Å². The van der Waals surface area contributed by atoms with Gasteiger partial charge in [0.05, 0.1) is 11.5 Å². The lowest BCUT2D eigenvalue weighted by atomic mass is 10.1. The second kappa shape index (κ2) is 5.23. The Hall–Kier alpha value is -1.72. The molecule has 0 heterocycles. The molecule has 0 aromatic heterocycles. The van der Waals surface area contributed by atoms with E-state index in [2.05, 4.69) is 0 Å². The normalized spacial score (nSPS) is 12.9. The molecule has 3 N–H and O–H groups in total. The highest BCUT2D eigenvalue weighted by Gasteiger charge is 2.02. The van der Waals surface area contributed by atoms with E-state index in [1.54, 1.807) is 24.3 Å². The third-order valence-electron chi connectivity index (χ3n) is 1.85. The number of aliphatic hydroxyl groups is 1. The van der Waals surface area contributed by atoms with Crippen LogP contribution in [0.1, 0.15) is 5.56 Å². The second-order valence-corrected chi connectivity index (χ2v) is 3.05. The van der Waals surface area contributed by atoms with Gasteiger partial charge in [0.2, 0.25) is 0 Å². The maximum Gasteiger partial charge on any atom is 0.269 e. The molecule has 5 nitrogen and oxygen atoms in total. The Balaban J connectivity index is 2.72. The molecule has 1 aromatic rings. The number of non-ortho nitro benzene ring substituents is 1. The zero-order chi connectivity index (χ0) is 11.3. The van der Waals surface area contributed by atoms with Gasteiger partial charge in [0, 0.05) is 18.2 Å². The van der Waals surface area contributed by atoms with Gasteiger partial charge in [0.15, 0.2) is 0 Å². The Labute approximate surface area is 87.0 Å². The van der Waals surface area contributed by atoms with Gasteiger partial charge in [-0.3, -0.25) is 10.1 Å². The van der Waals surface area contributed by atoms with Gasteiger partial charge in [-0.25, -0.2) is 0 Å². The Kier molecular flexibility index (Phi) is 3.96. The summed E-state index contributed by atoms with van der Waals surface area (Å²) in [5.41, 5.74) is 6.32. The van der Waals surface area contributed by atoms with Crippen LogP contribution in [0.3, 0.4) is 0 Å². The van der Waals surface area contributed by atoms with Gasteiger partial charge in [-0.1, -0.05) is 12.2 Å². The first kappa shape index (κ1) is 11.4. The van der Waals surface area contributed by atoms with Crippen molar-refractivity contribution in [3.05, 3.63) is 46.0 Å². The molecule has 0 aliphatic carbocycles. The maximum absolute atomic E-state index is 10.4. The quantitative estimate of drug-likeness (QED) is 0.569. The molecule has 0 spiro atoms. The molecule has 0 saturated heterocycles. The van der Waals surface area contributed by atoms with E-state index in [0.717, 1.165) is 5.56 Å². The Bertz CT molecular complexity index is 359. The Morgan fingerprint density at radius 1 is 1.47 bits per heavy atom. The number of nitro groups is 1. The van der Waals surface area contributed by atoms with E-state index in [-0.39, 0.29) is 12.3 Å². The molecule has 15 heavy (non-hydrogen) atoms. The van der Waals surface area contributed by atoms with E-state index in [1.165, 1.54) is 12.1 Å². The predicted molar refractivity (Wildman–Crippen MR) is 57.2 cm³/mol. The Morgan fingerprint density at radius 2 is 2.07 bits per heavy atom. The molecular weight excluding hydrogens is 196 g/mol. The van der Waals surface area contributed by atoms with Crippen molar-refractivity contribution >= 4 is 11.8 Å². The van der Waals surface area contributed by atoms with Crippen molar-refractivity contribution in [2.24, 2.45) is 5.73 Å². The third kappa shape index (κ3) is 3.49. The van der Waals surface area contributed by atoms with E-state index in [0.29, 0.717) is 0 Å². The molecular formula is C10H12N2O3. The summed E-state index contributed by atoms with van der Waals surface area (Å²) in [6.07, 6.45) is 3.35. The summed E-state index contributed by atoms with van der Waals surface area (Å²) in [4.78, 5) is 9.91. The molecule has 1 rings (SSSR count). The van der Waals surface area contributed by atoms with Crippen LogP contribution in [-0.2, 0) is 0 Å². The summed E-state index contributed by atoms with van der Waals surface area (Å²) in [5.74, 6) is 0. The summed E-state index contributed by atoms with van der Waals surface area (Å²) in [6, 6.07) is 5.69. The maximum atomic E-state index is 10.4. The van der Waals surface area contributed by atoms with E-state index in [1.807, 2.05) is 0 Å². The molecule has 0 aliphatic rings. The fraction of sp³-hybridized carbons (Fsp3) is 0.200. The molecule has 0 bridgehead atoms. The van der Waals surface area contributed by atoms with Crippen LogP contribution in [0.2, 0.25) is 0 Å². The number of aliphatic hydroxyl groups excluding tert-OH is 1. The fourth-order valence-electron chi connectivity index (χ4n) is 1.00. The van der Waals surface area contributed by atoms with Crippen molar-refractivity contribution in [2.45, 2.75) is 6.04 Å². The number of hydrogen-bond donors (Lipinski definition) is 2. The third-order valence-corrected chi connectivity index (χ3v) is 1.85. The average molecular weight is 208 g/mol. The van der Waals surface area contributed by atoms with E-state index < -0.39 is 11.0 Å². The average Bonchev–Trinajstić information content (AvgIpc) is 2.26. The second-order valence-electron chi connectivity index (χ2n) is 3.05. The predicted octanol–water partition coefficient (Wildman–Crippen LogP) is 0.928. The standard InChI is InChI=1S/C10H12N2O3/c11-9(7-13)4-1-8-2-5-10(6-3-8)12(14)15/h1-6,9,13H,7,11H2/t9-/m0/s1. The van der Waals surface area contributed by atoms with Gasteiger partial charge in [-0.05, 0) is 17.7 Å². The van der Waals surface area contributed by atoms with Crippen LogP contribution >= 0.6 is 0 Å². The lowest BCUT2D eigenvalue weighted by Gasteiger charge is -1.99. The van der Waals surface area contributed by atoms with Gasteiger partial charge in [0.25, 0.3) is 5.69 Å². The van der Waals surface area contributed by atoms with E-state index >= 15 is 0 Å². The summed E-state index contributed by atoms with van der Waals surface area (Å²) in [7, 11) is 0. The molecule has 0 amide bonds. The minimum Gasteiger partial charge on any atom is -0.394 e. The van der Waals surface area contributed by atoms with Crippen molar-refractivity contribution in [1.82, 2.24) is 0 Å². The zero-order valence-corrected chi connectivity index (χ0v) is 8.04. The monoisotopic (exact) mass is 208 g/mol. The molecule has 5 heteroatoms. The number of nitro benzene ring substituents is 1. The van der Waals surface area contributed by atoms with Crippen molar-refractivity contribution in [3.8, 4) is 0 Å². The van der Waals surface area contributed by atoms with E-state index in [4.69, 9.17) is 10.8 Å². The smallest absolute Gasteiger partial charge is 0.269 e. The van der Waals surface area contributed by atoms with Gasteiger partial charge in [-0.15, -0.1) is 0 Å². The van der Waals surface area contributed by atoms with Crippen LogP contribution in [0.25, 0.3) is 6.08 Å². The largest absolute Gasteiger partial charge is 0.394 e. The van der Waals surface area contributed by atoms with Gasteiger partial charge < -0.3 is 10.8 Å². The highest BCUT2D eigenvalue weighted by molar-refractivity contribution is 5.52. The van der Waals surface area contributed by atoms with Crippen molar-refractivity contribution in [3.63, 3.8) is 0 Å². The first-order valence-corrected chi connectivity index (χ1v) is 4.42. The first-order chi connectivity index (χ1) is 7.13. The minimum absolute atomic E-state index is 0.0543. The van der Waals surface area contributed by atoms with Crippen molar-refractivity contribution in [1.29, 1.82) is 0 Å². The molecule has 0 unspecified atom stereocenters. The lowest BCUT2D eigenvalue weighted by Crippen LogP contribution is -2.20. The molecule has 0 radical (unpaired) electrons. The number of benzene rings is 1. The highest BCUT2D eigenvalue weighted by Crippen LogP contribution is 2.12. The number of rotatable bonds is 4. The van der Waals surface area contributed by atoms with Crippen LogP contribution in [0.15, 0.2) is 30.3 Å². The zero-order valence-electron chi connectivity index (χ0n) is 8.04. The molecule has 0 fully saturated rings. The SMILES string of the molecule is N[C@@H](C=Cc1ccc([N+](=O)[O-])cc1)CO. The van der Waals surface area contributed by atoms with Gasteiger partial charge in [-0.2, -0.15) is 0 Å². The van der Waals surface area contributed by atoms with Gasteiger partial charge >= 0.3 is 0 Å². The first-order valence-electron chi connectivity index (χ1n) is 4.42.